The number of fused-ring (bicyclic) bond motifs is 1. The van der Waals surface area contributed by atoms with Crippen LogP contribution in [0, 0.1) is 0 Å². The maximum atomic E-state index is 12.6. The summed E-state index contributed by atoms with van der Waals surface area (Å²) >= 11 is 1.38. The molecule has 0 bridgehead atoms. The van der Waals surface area contributed by atoms with Gasteiger partial charge in [0, 0.05) is 5.56 Å². The van der Waals surface area contributed by atoms with Gasteiger partial charge in [-0.15, -0.1) is 11.3 Å². The van der Waals surface area contributed by atoms with Gasteiger partial charge in [0.1, 0.15) is 10.4 Å². The lowest BCUT2D eigenvalue weighted by atomic mass is 10.2. The second kappa shape index (κ2) is 6.17. The maximum absolute atomic E-state index is 12.6. The second-order valence-electron chi connectivity index (χ2n) is 4.65. The Morgan fingerprint density at radius 1 is 1.36 bits per heavy atom. The number of aromatic nitrogens is 2. The van der Waals surface area contributed by atoms with E-state index in [1.165, 1.54) is 15.9 Å². The molecule has 0 fully saturated rings. The predicted octanol–water partition coefficient (Wildman–Crippen LogP) is 2.19. The number of nitrogens with one attached hydrogen (secondary N) is 1. The molecule has 3 N–H and O–H groups in total. The fourth-order valence-corrected chi connectivity index (χ4v) is 3.08. The lowest BCUT2D eigenvalue weighted by Gasteiger charge is -2.14. The van der Waals surface area contributed by atoms with Gasteiger partial charge in [0.2, 0.25) is 5.95 Å². The topological polar surface area (TPSA) is 82.2 Å². The Hall–Kier alpha value is -2.38. The summed E-state index contributed by atoms with van der Waals surface area (Å²) in [5.41, 5.74) is 3.95. The van der Waals surface area contributed by atoms with Crippen LogP contribution in [0.25, 0.3) is 10.2 Å². The van der Waals surface area contributed by atoms with E-state index in [0.717, 1.165) is 11.3 Å². The third-order valence-electron chi connectivity index (χ3n) is 3.30. The second-order valence-corrected chi connectivity index (χ2v) is 5.56. The molecule has 6 nitrogen and oxygen atoms in total. The Bertz CT molecular complexity index is 856. The minimum Gasteiger partial charge on any atom is -0.494 e. The molecule has 0 radical (unpaired) electrons. The van der Waals surface area contributed by atoms with Gasteiger partial charge in [-0.25, -0.2) is 10.8 Å². The number of nitrogen functional groups attached to an aromatic ring is 1. The van der Waals surface area contributed by atoms with E-state index in [1.807, 2.05) is 36.6 Å². The fraction of sp³-hybridized carbons (Fsp3) is 0.200. The van der Waals surface area contributed by atoms with E-state index >= 15 is 0 Å². The molecule has 2 aromatic heterocycles. The van der Waals surface area contributed by atoms with Gasteiger partial charge in [0.15, 0.2) is 0 Å². The van der Waals surface area contributed by atoms with Crippen LogP contribution in [0.2, 0.25) is 0 Å². The quantitative estimate of drug-likeness (QED) is 0.557. The van der Waals surface area contributed by atoms with Crippen LogP contribution in [0.15, 0.2) is 40.5 Å². The van der Waals surface area contributed by atoms with Gasteiger partial charge in [0.25, 0.3) is 5.56 Å². The number of nitrogens with zero attached hydrogens (tertiary/aromatic N) is 2. The molecule has 0 saturated carbocycles. The van der Waals surface area contributed by atoms with E-state index < -0.39 is 0 Å². The first-order valence-electron chi connectivity index (χ1n) is 6.90. The summed E-state index contributed by atoms with van der Waals surface area (Å²) in [7, 11) is 0. The lowest BCUT2D eigenvalue weighted by molar-refractivity contribution is 0.335. The van der Waals surface area contributed by atoms with Gasteiger partial charge >= 0.3 is 0 Å². The first kappa shape index (κ1) is 14.6. The molecule has 0 aliphatic carbocycles. The van der Waals surface area contributed by atoms with Crippen LogP contribution in [0.5, 0.6) is 5.75 Å². The number of hydrazine groups is 1. The summed E-state index contributed by atoms with van der Waals surface area (Å²) in [5, 5.41) is 1.85. The minimum atomic E-state index is -0.112. The van der Waals surface area contributed by atoms with Crippen molar-refractivity contribution in [1.82, 2.24) is 9.55 Å². The van der Waals surface area contributed by atoms with Crippen molar-refractivity contribution in [3.63, 3.8) is 0 Å². The molecule has 3 aromatic rings. The molecule has 3 rings (SSSR count). The molecular weight excluding hydrogens is 300 g/mol. The van der Waals surface area contributed by atoms with Crippen molar-refractivity contribution in [2.75, 3.05) is 12.0 Å². The number of anilines is 1. The number of ether oxygens (including phenoxy) is 1. The molecule has 0 amide bonds. The molecule has 0 spiro atoms. The number of hydrogen-bond donors (Lipinski definition) is 2. The van der Waals surface area contributed by atoms with Crippen molar-refractivity contribution in [2.45, 2.75) is 13.5 Å². The van der Waals surface area contributed by atoms with Crippen LogP contribution < -0.4 is 21.6 Å². The van der Waals surface area contributed by atoms with Crippen LogP contribution in [-0.4, -0.2) is 16.2 Å². The lowest BCUT2D eigenvalue weighted by Crippen LogP contribution is -2.27. The third kappa shape index (κ3) is 2.56. The number of nitrogens with two attached hydrogens (primary N) is 1. The first-order chi connectivity index (χ1) is 10.7. The molecule has 0 atom stereocenters. The molecule has 2 heterocycles. The highest BCUT2D eigenvalue weighted by Gasteiger charge is 2.13. The average Bonchev–Trinajstić information content (AvgIpc) is 3.00. The Kier molecular flexibility index (Phi) is 4.08. The van der Waals surface area contributed by atoms with Crippen molar-refractivity contribution in [3.8, 4) is 5.75 Å². The summed E-state index contributed by atoms with van der Waals surface area (Å²) in [4.78, 5) is 17.0. The van der Waals surface area contributed by atoms with Crippen LogP contribution >= 0.6 is 11.3 Å². The zero-order valence-corrected chi connectivity index (χ0v) is 12.9. The number of rotatable bonds is 5. The first-order valence-corrected chi connectivity index (χ1v) is 7.78. The number of thiophene rings is 1. The Morgan fingerprint density at radius 2 is 2.18 bits per heavy atom. The van der Waals surface area contributed by atoms with E-state index in [1.54, 1.807) is 6.07 Å². The molecule has 0 aliphatic heterocycles. The summed E-state index contributed by atoms with van der Waals surface area (Å²) in [6, 6.07) is 9.43. The van der Waals surface area contributed by atoms with Crippen LogP contribution in [0.4, 0.5) is 5.95 Å². The van der Waals surface area contributed by atoms with Gasteiger partial charge < -0.3 is 4.74 Å². The van der Waals surface area contributed by atoms with Gasteiger partial charge in [-0.1, -0.05) is 18.2 Å². The highest BCUT2D eigenvalue weighted by atomic mass is 32.1. The van der Waals surface area contributed by atoms with E-state index in [-0.39, 0.29) is 5.56 Å². The number of para-hydroxylation sites is 1. The molecule has 1 aromatic carbocycles. The highest BCUT2D eigenvalue weighted by Crippen LogP contribution is 2.21. The van der Waals surface area contributed by atoms with Gasteiger partial charge in [0.05, 0.1) is 18.7 Å². The summed E-state index contributed by atoms with van der Waals surface area (Å²) in [6.07, 6.45) is 0. The Labute approximate surface area is 131 Å². The summed E-state index contributed by atoms with van der Waals surface area (Å²) in [6.45, 7) is 2.83. The molecule has 0 unspecified atom stereocenters. The molecule has 22 heavy (non-hydrogen) atoms. The maximum Gasteiger partial charge on any atom is 0.273 e. The molecular formula is C15H16N4O2S. The highest BCUT2D eigenvalue weighted by molar-refractivity contribution is 7.17. The SMILES string of the molecule is CCOc1ccccc1Cn1c(NN)nc2ccsc2c1=O. The zero-order valence-electron chi connectivity index (χ0n) is 12.1. The summed E-state index contributed by atoms with van der Waals surface area (Å²) in [5.74, 6) is 6.62. The van der Waals surface area contributed by atoms with Crippen LogP contribution in [0.1, 0.15) is 12.5 Å². The van der Waals surface area contributed by atoms with Crippen LogP contribution in [-0.2, 0) is 6.54 Å². The van der Waals surface area contributed by atoms with Crippen LogP contribution in [0.3, 0.4) is 0 Å². The van der Waals surface area contributed by atoms with Gasteiger partial charge in [-0.05, 0) is 24.4 Å². The minimum absolute atomic E-state index is 0.112. The smallest absolute Gasteiger partial charge is 0.273 e. The standard InChI is InChI=1S/C15H16N4O2S/c1-2-21-12-6-4-3-5-10(12)9-19-14(20)13-11(7-8-22-13)17-15(19)18-16/h3-8H,2,9,16H2,1H3,(H,17,18). The fourth-order valence-electron chi connectivity index (χ4n) is 2.30. The van der Waals surface area contributed by atoms with Crippen molar-refractivity contribution < 1.29 is 4.74 Å². The van der Waals surface area contributed by atoms with Crippen molar-refractivity contribution in [3.05, 3.63) is 51.6 Å². The van der Waals surface area contributed by atoms with E-state index in [9.17, 15) is 4.79 Å². The van der Waals surface area contributed by atoms with Crippen molar-refractivity contribution >= 4 is 27.5 Å². The van der Waals surface area contributed by atoms with E-state index in [4.69, 9.17) is 10.6 Å². The van der Waals surface area contributed by atoms with Crippen molar-refractivity contribution in [1.29, 1.82) is 0 Å². The Morgan fingerprint density at radius 3 is 2.95 bits per heavy atom. The monoisotopic (exact) mass is 316 g/mol. The molecule has 0 saturated heterocycles. The van der Waals surface area contributed by atoms with Gasteiger partial charge in [-0.3, -0.25) is 14.8 Å². The third-order valence-corrected chi connectivity index (χ3v) is 4.19. The largest absolute Gasteiger partial charge is 0.494 e. The van der Waals surface area contributed by atoms with E-state index in [2.05, 4.69) is 10.4 Å². The van der Waals surface area contributed by atoms with E-state index in [0.29, 0.717) is 29.3 Å². The normalized spacial score (nSPS) is 10.8. The molecule has 0 aliphatic rings. The molecule has 7 heteroatoms. The number of hydrogen-bond acceptors (Lipinski definition) is 6. The summed E-state index contributed by atoms with van der Waals surface area (Å²) < 4.78 is 7.75. The average molecular weight is 316 g/mol. The number of benzene rings is 1. The van der Waals surface area contributed by atoms with Gasteiger partial charge in [-0.2, -0.15) is 0 Å². The zero-order chi connectivity index (χ0) is 15.5. The predicted molar refractivity (Wildman–Crippen MR) is 88.4 cm³/mol. The Balaban J connectivity index is 2.11. The van der Waals surface area contributed by atoms with Crippen molar-refractivity contribution in [2.24, 2.45) is 5.84 Å². The molecule has 114 valence electrons.